The van der Waals surface area contributed by atoms with E-state index >= 15 is 0 Å². The van der Waals surface area contributed by atoms with E-state index in [4.69, 9.17) is 0 Å². The first-order chi connectivity index (χ1) is 13.3. The number of amides is 4. The van der Waals surface area contributed by atoms with Crippen molar-refractivity contribution in [2.45, 2.75) is 51.1 Å². The lowest BCUT2D eigenvalue weighted by Gasteiger charge is -2.24. The number of hydrogen-bond donors (Lipinski definition) is 2. The van der Waals surface area contributed by atoms with Gasteiger partial charge in [0.05, 0.1) is 11.5 Å². The molecule has 2 atom stereocenters. The zero-order valence-corrected chi connectivity index (χ0v) is 17.9. The predicted octanol–water partition coefficient (Wildman–Crippen LogP) is 1.05. The minimum absolute atomic E-state index is 0.0315. The molecule has 2 fully saturated rings. The number of imide groups is 1. The van der Waals surface area contributed by atoms with Gasteiger partial charge in [-0.25, -0.2) is 13.2 Å². The summed E-state index contributed by atoms with van der Waals surface area (Å²) < 4.78 is 23.0. The zero-order chi connectivity index (χ0) is 21.6. The van der Waals surface area contributed by atoms with E-state index in [1.165, 1.54) is 0 Å². The molecule has 0 saturated carbocycles. The highest BCUT2D eigenvalue weighted by molar-refractivity contribution is 7.91. The molecule has 2 aliphatic rings. The molecular weight excluding hydrogens is 394 g/mol. The molecule has 3 rings (SSSR count). The van der Waals surface area contributed by atoms with E-state index in [1.54, 1.807) is 6.92 Å². The van der Waals surface area contributed by atoms with Crippen LogP contribution in [-0.4, -0.2) is 55.3 Å². The number of nitrogens with one attached hydrogen (secondary N) is 2. The Labute approximate surface area is 170 Å². The van der Waals surface area contributed by atoms with Gasteiger partial charge in [0.2, 0.25) is 5.91 Å². The monoisotopic (exact) mass is 421 g/mol. The highest BCUT2D eigenvalue weighted by Crippen LogP contribution is 2.31. The lowest BCUT2D eigenvalue weighted by atomic mass is 9.84. The molecule has 29 heavy (non-hydrogen) atoms. The van der Waals surface area contributed by atoms with E-state index in [1.807, 2.05) is 24.3 Å². The van der Waals surface area contributed by atoms with Gasteiger partial charge in [0.15, 0.2) is 9.84 Å². The Morgan fingerprint density at radius 2 is 1.86 bits per heavy atom. The van der Waals surface area contributed by atoms with E-state index in [0.29, 0.717) is 12.0 Å². The first kappa shape index (κ1) is 21.3. The number of carbonyl (C=O) groups excluding carboxylic acids is 3. The Kier molecular flexibility index (Phi) is 5.23. The lowest BCUT2D eigenvalue weighted by Crippen LogP contribution is -2.45. The van der Waals surface area contributed by atoms with E-state index in [-0.39, 0.29) is 16.9 Å². The van der Waals surface area contributed by atoms with Crippen molar-refractivity contribution < 1.29 is 22.8 Å². The molecule has 2 saturated heterocycles. The van der Waals surface area contributed by atoms with Crippen molar-refractivity contribution in [3.8, 4) is 0 Å². The summed E-state index contributed by atoms with van der Waals surface area (Å²) in [6, 6.07) is 6.35. The Bertz CT molecular complexity index is 949. The summed E-state index contributed by atoms with van der Waals surface area (Å²) in [6.07, 6.45) is 0.339. The maximum atomic E-state index is 13.0. The molecule has 0 aliphatic carbocycles. The molecule has 4 amide bonds. The normalized spacial score (nSPS) is 26.5. The Balaban J connectivity index is 1.71. The standard InChI is InChI=1S/C20H27N3O5S/c1-19(2,3)13-5-7-14(8-6-13)20(4)17(25)23(18(26)22-20)11-16(24)21-15-9-10-29(27,28)12-15/h5-8,15H,9-12H2,1-4H3,(H,21,24)(H,22,26)/t15-,20+/m1/s1. The van der Waals surface area contributed by atoms with Crippen molar-refractivity contribution in [3.05, 3.63) is 35.4 Å². The second-order valence-corrected chi connectivity index (χ2v) is 11.2. The number of urea groups is 1. The predicted molar refractivity (Wildman–Crippen MR) is 108 cm³/mol. The van der Waals surface area contributed by atoms with Gasteiger partial charge in [0.25, 0.3) is 5.91 Å². The first-order valence-electron chi connectivity index (χ1n) is 9.57. The van der Waals surface area contributed by atoms with Crippen molar-refractivity contribution in [1.82, 2.24) is 15.5 Å². The molecule has 0 spiro atoms. The fourth-order valence-electron chi connectivity index (χ4n) is 3.67. The van der Waals surface area contributed by atoms with Gasteiger partial charge in [-0.15, -0.1) is 0 Å². The van der Waals surface area contributed by atoms with Crippen molar-refractivity contribution >= 4 is 27.7 Å². The van der Waals surface area contributed by atoms with Crippen LogP contribution in [0.25, 0.3) is 0 Å². The molecule has 1 aromatic carbocycles. The van der Waals surface area contributed by atoms with Crippen LogP contribution in [0.3, 0.4) is 0 Å². The molecule has 0 bridgehead atoms. The summed E-state index contributed by atoms with van der Waals surface area (Å²) in [5.41, 5.74) is 0.433. The molecule has 9 heteroatoms. The third-order valence-electron chi connectivity index (χ3n) is 5.50. The molecule has 0 aromatic heterocycles. The fraction of sp³-hybridized carbons (Fsp3) is 0.550. The molecule has 158 valence electrons. The number of benzene rings is 1. The lowest BCUT2D eigenvalue weighted by molar-refractivity contribution is -0.135. The van der Waals surface area contributed by atoms with Gasteiger partial charge in [0.1, 0.15) is 12.1 Å². The van der Waals surface area contributed by atoms with Crippen LogP contribution in [0.1, 0.15) is 45.2 Å². The topological polar surface area (TPSA) is 113 Å². The fourth-order valence-corrected chi connectivity index (χ4v) is 5.34. The minimum Gasteiger partial charge on any atom is -0.351 e. The van der Waals surface area contributed by atoms with Crippen LogP contribution in [0, 0.1) is 0 Å². The van der Waals surface area contributed by atoms with Crippen molar-refractivity contribution in [2.24, 2.45) is 0 Å². The van der Waals surface area contributed by atoms with Crippen molar-refractivity contribution in [3.63, 3.8) is 0 Å². The van der Waals surface area contributed by atoms with E-state index in [9.17, 15) is 22.8 Å². The molecule has 8 nitrogen and oxygen atoms in total. The molecule has 2 N–H and O–H groups in total. The molecule has 1 aromatic rings. The van der Waals surface area contributed by atoms with Crippen LogP contribution in [-0.2, 0) is 30.4 Å². The number of sulfone groups is 1. The number of nitrogens with zero attached hydrogens (tertiary/aromatic N) is 1. The number of hydrogen-bond acceptors (Lipinski definition) is 5. The molecule has 0 unspecified atom stereocenters. The first-order valence-corrected chi connectivity index (χ1v) is 11.4. The van der Waals surface area contributed by atoms with Crippen molar-refractivity contribution in [1.29, 1.82) is 0 Å². The van der Waals surface area contributed by atoms with Gasteiger partial charge >= 0.3 is 6.03 Å². The van der Waals surface area contributed by atoms with Gasteiger partial charge in [-0.2, -0.15) is 0 Å². The van der Waals surface area contributed by atoms with Crippen LogP contribution in [0.4, 0.5) is 4.79 Å². The molecular formula is C20H27N3O5S. The molecule has 2 aliphatic heterocycles. The minimum atomic E-state index is -3.13. The van der Waals surface area contributed by atoms with E-state index in [2.05, 4.69) is 31.4 Å². The Morgan fingerprint density at radius 1 is 1.24 bits per heavy atom. The summed E-state index contributed by atoms with van der Waals surface area (Å²) in [7, 11) is -3.13. The largest absolute Gasteiger partial charge is 0.351 e. The summed E-state index contributed by atoms with van der Waals surface area (Å²) in [5.74, 6) is -1.15. The quantitative estimate of drug-likeness (QED) is 0.706. The Morgan fingerprint density at radius 3 is 2.38 bits per heavy atom. The van der Waals surface area contributed by atoms with Crippen LogP contribution in [0.15, 0.2) is 24.3 Å². The summed E-state index contributed by atoms with van der Waals surface area (Å²) in [6.45, 7) is 7.42. The van der Waals surface area contributed by atoms with Gasteiger partial charge in [-0.05, 0) is 29.9 Å². The third kappa shape index (κ3) is 4.29. The smallest absolute Gasteiger partial charge is 0.325 e. The highest BCUT2D eigenvalue weighted by Gasteiger charge is 2.49. The average Bonchev–Trinajstić information content (AvgIpc) is 3.06. The number of carbonyl (C=O) groups is 3. The zero-order valence-electron chi connectivity index (χ0n) is 17.1. The molecule has 0 radical (unpaired) electrons. The van der Waals surface area contributed by atoms with E-state index < -0.39 is 45.8 Å². The maximum Gasteiger partial charge on any atom is 0.325 e. The summed E-state index contributed by atoms with van der Waals surface area (Å²) in [5, 5.41) is 5.28. The second kappa shape index (κ2) is 7.12. The summed E-state index contributed by atoms with van der Waals surface area (Å²) in [4.78, 5) is 38.5. The van der Waals surface area contributed by atoms with Crippen LogP contribution in [0.2, 0.25) is 0 Å². The van der Waals surface area contributed by atoms with Crippen LogP contribution < -0.4 is 10.6 Å². The van der Waals surface area contributed by atoms with Gasteiger partial charge < -0.3 is 10.6 Å². The second-order valence-electron chi connectivity index (χ2n) is 8.94. The van der Waals surface area contributed by atoms with Crippen LogP contribution in [0.5, 0.6) is 0 Å². The third-order valence-corrected chi connectivity index (χ3v) is 7.27. The number of rotatable bonds is 4. The highest BCUT2D eigenvalue weighted by atomic mass is 32.2. The SMILES string of the molecule is CC(C)(C)c1ccc([C@]2(C)NC(=O)N(CC(=O)N[C@@H]3CCS(=O)(=O)C3)C2=O)cc1. The van der Waals surface area contributed by atoms with Gasteiger partial charge in [0, 0.05) is 6.04 Å². The average molecular weight is 422 g/mol. The van der Waals surface area contributed by atoms with Gasteiger partial charge in [-0.1, -0.05) is 45.0 Å². The molecule has 2 heterocycles. The Hall–Kier alpha value is -2.42. The maximum absolute atomic E-state index is 13.0. The van der Waals surface area contributed by atoms with Gasteiger partial charge in [-0.3, -0.25) is 14.5 Å². The van der Waals surface area contributed by atoms with Crippen molar-refractivity contribution in [2.75, 3.05) is 18.1 Å². The summed E-state index contributed by atoms with van der Waals surface area (Å²) >= 11 is 0. The van der Waals surface area contributed by atoms with Crippen LogP contribution >= 0.6 is 0 Å². The van der Waals surface area contributed by atoms with E-state index in [0.717, 1.165) is 10.5 Å².